The molecule has 1 unspecified atom stereocenters. The molecule has 0 spiro atoms. The maximum atomic E-state index is 13.1. The number of ether oxygens (including phenoxy) is 5. The van der Waals surface area contributed by atoms with Crippen molar-refractivity contribution in [2.24, 2.45) is 0 Å². The Balaban J connectivity index is 2.28. The van der Waals surface area contributed by atoms with Crippen LogP contribution in [0.15, 0.2) is 0 Å². The molecule has 5 atom stereocenters. The van der Waals surface area contributed by atoms with Crippen molar-refractivity contribution in [1.29, 1.82) is 0 Å². The Hall–Kier alpha value is -1.87. The highest BCUT2D eigenvalue weighted by Crippen LogP contribution is 2.31. The largest absolute Gasteiger partial charge is 0.458 e. The van der Waals surface area contributed by atoms with Crippen LogP contribution in [-0.2, 0) is 28.5 Å². The molecule has 9 nitrogen and oxygen atoms in total. The fourth-order valence-electron chi connectivity index (χ4n) is 3.55. The molecule has 0 aromatic rings. The summed E-state index contributed by atoms with van der Waals surface area (Å²) < 4.78 is 28.2. The fraction of sp³-hybridized carbons (Fsp3) is 0.864. The summed E-state index contributed by atoms with van der Waals surface area (Å²) in [5, 5.41) is 0. The highest BCUT2D eigenvalue weighted by molar-refractivity contribution is 5.94. The van der Waals surface area contributed by atoms with E-state index < -0.39 is 47.6 Å². The normalized spacial score (nSPS) is 29.7. The Morgan fingerprint density at radius 1 is 1.00 bits per heavy atom. The predicted octanol–water partition coefficient (Wildman–Crippen LogP) is 4.16. The van der Waals surface area contributed by atoms with Crippen LogP contribution in [0.3, 0.4) is 0 Å². The standard InChI is InChI=1S/C22H37NO8/c1-9-16-28-15-12-10-11-14(18(24)27-13(2)17(15)29-16)23(19(25)30-21(3,4)5)20(26)31-22(6,7)8/h13-17H,9-12H2,1-8H3/t13-,14-,15-,16?,17-/m0/s1. The summed E-state index contributed by atoms with van der Waals surface area (Å²) in [5.74, 6) is -0.701. The number of carbonyl (C=O) groups is 3. The second kappa shape index (κ2) is 9.73. The first-order chi connectivity index (χ1) is 14.2. The molecule has 2 aliphatic heterocycles. The van der Waals surface area contributed by atoms with Gasteiger partial charge in [-0.05, 0) is 74.1 Å². The van der Waals surface area contributed by atoms with Gasteiger partial charge in [-0.15, -0.1) is 0 Å². The summed E-state index contributed by atoms with van der Waals surface area (Å²) in [5.41, 5.74) is -1.72. The van der Waals surface area contributed by atoms with Crippen LogP contribution in [0.1, 0.15) is 81.1 Å². The van der Waals surface area contributed by atoms with Crippen molar-refractivity contribution in [2.75, 3.05) is 0 Å². The number of hydrogen-bond donors (Lipinski definition) is 0. The van der Waals surface area contributed by atoms with Crippen molar-refractivity contribution in [3.05, 3.63) is 0 Å². The third-order valence-electron chi connectivity index (χ3n) is 4.83. The van der Waals surface area contributed by atoms with Gasteiger partial charge in [0.1, 0.15) is 29.5 Å². The molecule has 2 aliphatic rings. The fourth-order valence-corrected chi connectivity index (χ4v) is 3.55. The summed E-state index contributed by atoms with van der Waals surface area (Å²) in [6.45, 7) is 13.8. The van der Waals surface area contributed by atoms with Crippen LogP contribution in [-0.4, -0.2) is 64.9 Å². The van der Waals surface area contributed by atoms with E-state index >= 15 is 0 Å². The third kappa shape index (κ3) is 7.07. The molecular weight excluding hydrogens is 406 g/mol. The number of fused-ring (bicyclic) bond motifs is 1. The Labute approximate surface area is 184 Å². The van der Waals surface area contributed by atoms with Gasteiger partial charge < -0.3 is 23.7 Å². The van der Waals surface area contributed by atoms with Crippen LogP contribution < -0.4 is 0 Å². The van der Waals surface area contributed by atoms with Crippen molar-refractivity contribution in [3.63, 3.8) is 0 Å². The molecular formula is C22H37NO8. The lowest BCUT2D eigenvalue weighted by Crippen LogP contribution is -2.53. The molecule has 2 fully saturated rings. The first kappa shape index (κ1) is 25.4. The number of nitrogens with zero attached hydrogens (tertiary/aromatic N) is 1. The average molecular weight is 444 g/mol. The van der Waals surface area contributed by atoms with E-state index in [1.54, 1.807) is 48.5 Å². The molecule has 2 heterocycles. The van der Waals surface area contributed by atoms with Crippen LogP contribution in [0.4, 0.5) is 9.59 Å². The van der Waals surface area contributed by atoms with Crippen molar-refractivity contribution < 1.29 is 38.1 Å². The lowest BCUT2D eigenvalue weighted by Gasteiger charge is -2.32. The van der Waals surface area contributed by atoms with Gasteiger partial charge in [-0.1, -0.05) is 6.92 Å². The number of cyclic esters (lactones) is 1. The van der Waals surface area contributed by atoms with Crippen LogP contribution in [0.2, 0.25) is 0 Å². The van der Waals surface area contributed by atoms with E-state index in [0.717, 1.165) is 4.90 Å². The lowest BCUT2D eigenvalue weighted by molar-refractivity contribution is -0.162. The van der Waals surface area contributed by atoms with Crippen molar-refractivity contribution in [1.82, 2.24) is 4.90 Å². The highest BCUT2D eigenvalue weighted by atomic mass is 16.7. The minimum atomic E-state index is -1.17. The summed E-state index contributed by atoms with van der Waals surface area (Å²) >= 11 is 0. The number of rotatable bonds is 2. The first-order valence-electron chi connectivity index (χ1n) is 11.0. The van der Waals surface area contributed by atoms with E-state index in [0.29, 0.717) is 19.3 Å². The number of hydrogen-bond acceptors (Lipinski definition) is 8. The van der Waals surface area contributed by atoms with Gasteiger partial charge in [-0.25, -0.2) is 14.4 Å². The SMILES string of the molecule is CCC1O[C@H]2[C@H](C)OC(=O)[C@@H](N(C(=O)OC(C)(C)C)C(=O)OC(C)(C)C)CCC[C@@H]2O1. The Bertz CT molecular complexity index is 637. The monoisotopic (exact) mass is 443 g/mol. The molecule has 2 amide bonds. The minimum Gasteiger partial charge on any atom is -0.458 e. The van der Waals surface area contributed by atoms with E-state index in [1.807, 2.05) is 6.92 Å². The minimum absolute atomic E-state index is 0.202. The first-order valence-corrected chi connectivity index (χ1v) is 11.0. The lowest BCUT2D eigenvalue weighted by atomic mass is 10.0. The quantitative estimate of drug-likeness (QED) is 0.463. The number of imide groups is 1. The number of esters is 1. The zero-order chi connectivity index (χ0) is 23.6. The molecule has 178 valence electrons. The summed E-state index contributed by atoms with van der Waals surface area (Å²) in [6, 6.07) is -1.17. The highest BCUT2D eigenvalue weighted by Gasteiger charge is 2.46. The predicted molar refractivity (Wildman–Crippen MR) is 111 cm³/mol. The maximum absolute atomic E-state index is 13.1. The zero-order valence-electron chi connectivity index (χ0n) is 19.9. The van der Waals surface area contributed by atoms with Gasteiger partial charge in [-0.3, -0.25) is 0 Å². The Morgan fingerprint density at radius 3 is 2.03 bits per heavy atom. The molecule has 9 heteroatoms. The molecule has 31 heavy (non-hydrogen) atoms. The smallest absolute Gasteiger partial charge is 0.420 e. The van der Waals surface area contributed by atoms with Gasteiger partial charge >= 0.3 is 18.2 Å². The molecule has 0 aliphatic carbocycles. The van der Waals surface area contributed by atoms with E-state index in [1.165, 1.54) is 0 Å². The molecule has 0 radical (unpaired) electrons. The maximum Gasteiger partial charge on any atom is 0.420 e. The van der Waals surface area contributed by atoms with Crippen LogP contribution >= 0.6 is 0 Å². The second-order valence-corrected chi connectivity index (χ2v) is 10.0. The molecule has 2 saturated heterocycles. The molecule has 0 saturated carbocycles. The van der Waals surface area contributed by atoms with Crippen LogP contribution in [0, 0.1) is 0 Å². The van der Waals surface area contributed by atoms with Crippen molar-refractivity contribution in [2.45, 2.75) is 123 Å². The Kier molecular flexibility index (Phi) is 7.97. The van der Waals surface area contributed by atoms with Crippen LogP contribution in [0.5, 0.6) is 0 Å². The second-order valence-electron chi connectivity index (χ2n) is 10.0. The molecule has 2 rings (SSSR count). The molecule has 0 aromatic carbocycles. The summed E-state index contributed by atoms with van der Waals surface area (Å²) in [4.78, 5) is 39.7. The van der Waals surface area contributed by atoms with Gasteiger partial charge in [0, 0.05) is 0 Å². The van der Waals surface area contributed by atoms with Gasteiger partial charge in [0.05, 0.1) is 6.10 Å². The summed E-state index contributed by atoms with van der Waals surface area (Å²) in [6.07, 6.45) is -1.42. The van der Waals surface area contributed by atoms with E-state index in [-0.39, 0.29) is 18.8 Å². The van der Waals surface area contributed by atoms with Crippen molar-refractivity contribution >= 4 is 18.2 Å². The zero-order valence-corrected chi connectivity index (χ0v) is 19.9. The average Bonchev–Trinajstić information content (AvgIpc) is 3.01. The van der Waals surface area contributed by atoms with E-state index in [9.17, 15) is 14.4 Å². The van der Waals surface area contributed by atoms with Crippen molar-refractivity contribution in [3.8, 4) is 0 Å². The van der Waals surface area contributed by atoms with Gasteiger partial charge in [0.15, 0.2) is 6.29 Å². The van der Waals surface area contributed by atoms with Crippen LogP contribution in [0.25, 0.3) is 0 Å². The molecule has 0 aromatic heterocycles. The molecule has 0 bridgehead atoms. The third-order valence-corrected chi connectivity index (χ3v) is 4.83. The van der Waals surface area contributed by atoms with Gasteiger partial charge in [0.25, 0.3) is 0 Å². The molecule has 0 N–H and O–H groups in total. The Morgan fingerprint density at radius 2 is 1.55 bits per heavy atom. The summed E-state index contributed by atoms with van der Waals surface area (Å²) in [7, 11) is 0. The number of carbonyl (C=O) groups excluding carboxylic acids is 3. The number of amides is 2. The topological polar surface area (TPSA) is 101 Å². The van der Waals surface area contributed by atoms with E-state index in [2.05, 4.69) is 0 Å². The van der Waals surface area contributed by atoms with Gasteiger partial charge in [0.2, 0.25) is 0 Å². The van der Waals surface area contributed by atoms with E-state index in [4.69, 9.17) is 23.7 Å². The van der Waals surface area contributed by atoms with Gasteiger partial charge in [-0.2, -0.15) is 4.90 Å².